The van der Waals surface area contributed by atoms with Crippen molar-refractivity contribution in [1.29, 1.82) is 0 Å². The molecule has 0 unspecified atom stereocenters. The Morgan fingerprint density at radius 3 is 2.42 bits per heavy atom. The zero-order chi connectivity index (χ0) is 34.6. The lowest BCUT2D eigenvalue weighted by atomic mass is 10.0. The molecule has 4 rings (SSSR count). The largest absolute Gasteiger partial charge is 0.496 e. The van der Waals surface area contributed by atoms with Gasteiger partial charge in [-0.3, -0.25) is 19.2 Å². The Kier molecular flexibility index (Phi) is 12.9. The van der Waals surface area contributed by atoms with Gasteiger partial charge >= 0.3 is 0 Å². The van der Waals surface area contributed by atoms with Gasteiger partial charge in [-0.25, -0.2) is 0 Å². The molecule has 4 amide bonds. The van der Waals surface area contributed by atoms with Crippen LogP contribution >= 0.6 is 11.6 Å². The number of amides is 4. The number of benzene rings is 3. The summed E-state index contributed by atoms with van der Waals surface area (Å²) in [5.74, 6) is 0.0559. The lowest BCUT2D eigenvalue weighted by Gasteiger charge is -2.26. The average Bonchev–Trinajstić information content (AvgIpc) is 3.08. The van der Waals surface area contributed by atoms with Crippen LogP contribution in [0.1, 0.15) is 42.6 Å². The van der Waals surface area contributed by atoms with Gasteiger partial charge in [-0.15, -0.1) is 0 Å². The summed E-state index contributed by atoms with van der Waals surface area (Å²) in [4.78, 5) is 54.5. The van der Waals surface area contributed by atoms with E-state index in [0.29, 0.717) is 64.3 Å². The van der Waals surface area contributed by atoms with Gasteiger partial charge in [0.15, 0.2) is 18.1 Å². The van der Waals surface area contributed by atoms with Crippen LogP contribution in [-0.2, 0) is 20.9 Å². The number of carbonyl (C=O) groups is 4. The lowest BCUT2D eigenvalue weighted by Crippen LogP contribution is -2.52. The first-order valence-corrected chi connectivity index (χ1v) is 16.0. The predicted octanol–water partition coefficient (Wildman–Crippen LogP) is 4.34. The van der Waals surface area contributed by atoms with Gasteiger partial charge in [0.05, 0.1) is 32.9 Å². The molecule has 0 fully saturated rings. The second-order valence-electron chi connectivity index (χ2n) is 11.4. The maximum Gasteiger partial charge on any atom is 0.260 e. The highest BCUT2D eigenvalue weighted by atomic mass is 35.5. The number of halogens is 1. The van der Waals surface area contributed by atoms with Crippen molar-refractivity contribution in [2.45, 2.75) is 39.3 Å². The van der Waals surface area contributed by atoms with Crippen LogP contribution in [0.3, 0.4) is 0 Å². The fourth-order valence-electron chi connectivity index (χ4n) is 5.03. The smallest absolute Gasteiger partial charge is 0.260 e. The molecule has 1 atom stereocenters. The van der Waals surface area contributed by atoms with Crippen LogP contribution in [-0.4, -0.2) is 75.0 Å². The van der Waals surface area contributed by atoms with Gasteiger partial charge in [-0.05, 0) is 73.4 Å². The minimum atomic E-state index is -0.892. The first-order chi connectivity index (χ1) is 23.1. The normalized spacial score (nSPS) is 16.4. The Labute approximate surface area is 285 Å². The van der Waals surface area contributed by atoms with E-state index in [1.165, 1.54) is 19.1 Å². The zero-order valence-corrected chi connectivity index (χ0v) is 28.2. The van der Waals surface area contributed by atoms with E-state index in [2.05, 4.69) is 16.0 Å². The van der Waals surface area contributed by atoms with Crippen molar-refractivity contribution in [1.82, 2.24) is 20.9 Å². The van der Waals surface area contributed by atoms with Gasteiger partial charge < -0.3 is 39.8 Å². The molecule has 0 spiro atoms. The monoisotopic (exact) mass is 680 g/mol. The lowest BCUT2D eigenvalue weighted by molar-refractivity contribution is -0.138. The highest BCUT2D eigenvalue weighted by molar-refractivity contribution is 6.30. The SMILES string of the molecule is COc1ccc2cc1Oc1cccc(OC)c1CNC(=O)[C@@H](C(C)C)NC(=O)CN(C(=O)COc1ccc(Cl)cc1)CCCCNC2=O. The van der Waals surface area contributed by atoms with E-state index in [9.17, 15) is 19.2 Å². The van der Waals surface area contributed by atoms with Crippen molar-refractivity contribution >= 4 is 35.2 Å². The zero-order valence-electron chi connectivity index (χ0n) is 27.5. The molecule has 3 aromatic rings. The second-order valence-corrected chi connectivity index (χ2v) is 11.9. The highest BCUT2D eigenvalue weighted by Crippen LogP contribution is 2.37. The molecular formula is C35H41ClN4O8. The van der Waals surface area contributed by atoms with Crippen LogP contribution in [0.15, 0.2) is 60.7 Å². The number of ether oxygens (including phenoxy) is 4. The van der Waals surface area contributed by atoms with Crippen LogP contribution in [0.25, 0.3) is 0 Å². The number of nitrogens with one attached hydrogen (secondary N) is 3. The summed E-state index contributed by atoms with van der Waals surface area (Å²) >= 11 is 5.95. The van der Waals surface area contributed by atoms with Crippen LogP contribution < -0.4 is 34.9 Å². The van der Waals surface area contributed by atoms with E-state index in [0.717, 1.165) is 0 Å². The molecule has 3 N–H and O–H groups in total. The van der Waals surface area contributed by atoms with E-state index in [1.54, 1.807) is 60.7 Å². The molecule has 12 nitrogen and oxygen atoms in total. The third-order valence-corrected chi connectivity index (χ3v) is 7.92. The Morgan fingerprint density at radius 2 is 1.71 bits per heavy atom. The number of methoxy groups -OCH3 is 2. The van der Waals surface area contributed by atoms with E-state index in [-0.39, 0.29) is 38.1 Å². The van der Waals surface area contributed by atoms with Crippen molar-refractivity contribution < 1.29 is 38.1 Å². The second kappa shape index (κ2) is 17.3. The summed E-state index contributed by atoms with van der Waals surface area (Å²) in [6.07, 6.45) is 1.02. The first-order valence-electron chi connectivity index (χ1n) is 15.6. The molecule has 0 radical (unpaired) electrons. The molecular weight excluding hydrogens is 640 g/mol. The average molecular weight is 681 g/mol. The maximum atomic E-state index is 13.5. The van der Waals surface area contributed by atoms with Gasteiger partial charge in [-0.1, -0.05) is 31.5 Å². The van der Waals surface area contributed by atoms with Crippen molar-refractivity contribution in [3.63, 3.8) is 0 Å². The third-order valence-electron chi connectivity index (χ3n) is 7.66. The molecule has 0 saturated heterocycles. The summed E-state index contributed by atoms with van der Waals surface area (Å²) in [5.41, 5.74) is 0.886. The molecule has 1 aliphatic heterocycles. The van der Waals surface area contributed by atoms with Crippen LogP contribution in [0, 0.1) is 5.92 Å². The number of hydrogen-bond donors (Lipinski definition) is 3. The van der Waals surface area contributed by atoms with E-state index in [4.69, 9.17) is 30.5 Å². The molecule has 48 heavy (non-hydrogen) atoms. The molecule has 2 bridgehead atoms. The van der Waals surface area contributed by atoms with Gasteiger partial charge in [0.1, 0.15) is 23.3 Å². The molecule has 1 heterocycles. The Bertz CT molecular complexity index is 1600. The summed E-state index contributed by atoms with van der Waals surface area (Å²) in [5, 5.41) is 9.11. The Morgan fingerprint density at radius 1 is 0.958 bits per heavy atom. The molecule has 0 aromatic heterocycles. The van der Waals surface area contributed by atoms with E-state index < -0.39 is 23.8 Å². The number of carbonyl (C=O) groups excluding carboxylic acids is 4. The highest BCUT2D eigenvalue weighted by Gasteiger charge is 2.27. The van der Waals surface area contributed by atoms with Crippen LogP contribution in [0.4, 0.5) is 0 Å². The van der Waals surface area contributed by atoms with E-state index in [1.807, 2.05) is 13.8 Å². The Hall–Kier alpha value is -4.97. The molecule has 0 aliphatic carbocycles. The van der Waals surface area contributed by atoms with Gasteiger partial charge in [0.25, 0.3) is 11.8 Å². The first kappa shape index (κ1) is 35.9. The molecule has 3 aromatic carbocycles. The summed E-state index contributed by atoms with van der Waals surface area (Å²) in [6, 6.07) is 15.7. The van der Waals surface area contributed by atoms with E-state index >= 15 is 0 Å². The van der Waals surface area contributed by atoms with Crippen LogP contribution in [0.5, 0.6) is 28.7 Å². The standard InChI is InChI=1S/C35H41ClN4O8/c1-22(2)33-35(44)38-19-26-27(45-3)8-7-9-28(26)48-30-18-23(10-15-29(30)46-4)34(43)37-16-5-6-17-40(20-31(41)39-33)32(42)21-47-25-13-11-24(36)12-14-25/h7-15,18,22,33H,5-6,16-17,19-21H2,1-4H3,(H,37,43)(H,38,44)(H,39,41)/t33-/m1/s1. The molecule has 1 aliphatic rings. The topological polar surface area (TPSA) is 145 Å². The molecule has 0 saturated carbocycles. The number of fused-ring (bicyclic) bond motifs is 3. The van der Waals surface area contributed by atoms with Crippen LogP contribution in [0.2, 0.25) is 5.02 Å². The van der Waals surface area contributed by atoms with Gasteiger partial charge in [0, 0.05) is 23.7 Å². The predicted molar refractivity (Wildman–Crippen MR) is 180 cm³/mol. The Balaban J connectivity index is 1.60. The minimum absolute atomic E-state index is 0.00636. The fraction of sp³-hybridized carbons (Fsp3) is 0.371. The summed E-state index contributed by atoms with van der Waals surface area (Å²) in [6.45, 7) is 3.60. The third kappa shape index (κ3) is 9.77. The molecule has 13 heteroatoms. The number of hydrogen-bond acceptors (Lipinski definition) is 8. The maximum absolute atomic E-state index is 13.5. The van der Waals surface area contributed by atoms with Gasteiger partial charge in [0.2, 0.25) is 11.8 Å². The molecule has 256 valence electrons. The van der Waals surface area contributed by atoms with Crippen molar-refractivity contribution in [3.8, 4) is 28.7 Å². The quantitative estimate of drug-likeness (QED) is 0.349. The van der Waals surface area contributed by atoms with Crippen molar-refractivity contribution in [3.05, 3.63) is 76.8 Å². The van der Waals surface area contributed by atoms with Crippen molar-refractivity contribution in [2.75, 3.05) is 40.5 Å². The van der Waals surface area contributed by atoms with Gasteiger partial charge in [-0.2, -0.15) is 0 Å². The van der Waals surface area contributed by atoms with Crippen molar-refractivity contribution in [2.24, 2.45) is 5.92 Å². The summed E-state index contributed by atoms with van der Waals surface area (Å²) < 4.78 is 23.0. The fourth-order valence-corrected chi connectivity index (χ4v) is 5.15. The minimum Gasteiger partial charge on any atom is -0.496 e. The summed E-state index contributed by atoms with van der Waals surface area (Å²) in [7, 11) is 3.00. The number of rotatable bonds is 6. The number of nitrogens with zero attached hydrogens (tertiary/aromatic N) is 1.